The van der Waals surface area contributed by atoms with Crippen LogP contribution in [0.15, 0.2) is 33.9 Å². The molecule has 4 heterocycles. The van der Waals surface area contributed by atoms with Crippen LogP contribution in [0.25, 0.3) is 5.70 Å². The lowest BCUT2D eigenvalue weighted by Crippen LogP contribution is -2.47. The number of carbonyl (C=O) groups excluding carboxylic acids is 1. The molecule has 2 fully saturated rings. The molecule has 2 bridgehead atoms. The monoisotopic (exact) mass is 558 g/mol. The van der Waals surface area contributed by atoms with E-state index < -0.39 is 0 Å². The van der Waals surface area contributed by atoms with Crippen molar-refractivity contribution in [3.8, 4) is 0 Å². The molecule has 2 aromatic rings. The number of anilines is 1. The molecule has 0 spiro atoms. The molecular formula is C27H38N6O3S2. The summed E-state index contributed by atoms with van der Waals surface area (Å²) in [5.41, 5.74) is 3.33. The van der Waals surface area contributed by atoms with Gasteiger partial charge in [-0.15, -0.1) is 23.1 Å². The van der Waals surface area contributed by atoms with Gasteiger partial charge in [-0.2, -0.15) is 0 Å². The van der Waals surface area contributed by atoms with Gasteiger partial charge in [0, 0.05) is 31.1 Å². The summed E-state index contributed by atoms with van der Waals surface area (Å²) in [6.07, 6.45) is 4.66. The zero-order valence-corrected chi connectivity index (χ0v) is 24.4. The molecule has 2 saturated heterocycles. The summed E-state index contributed by atoms with van der Waals surface area (Å²) in [5.74, 6) is 1.32. The number of fused-ring (bicyclic) bond motifs is 2. The van der Waals surface area contributed by atoms with E-state index in [1.165, 1.54) is 0 Å². The lowest BCUT2D eigenvalue weighted by molar-refractivity contribution is 0.0268. The molecular weight excluding hydrogens is 520 g/mol. The first-order chi connectivity index (χ1) is 18.4. The average Bonchev–Trinajstić information content (AvgIpc) is 3.41. The smallest absolute Gasteiger partial charge is 0.255 e. The summed E-state index contributed by atoms with van der Waals surface area (Å²) in [5, 5.41) is 19.6. The van der Waals surface area contributed by atoms with Gasteiger partial charge in [-0.25, -0.2) is 9.97 Å². The maximum Gasteiger partial charge on any atom is 0.255 e. The minimum atomic E-state index is -0.324. The quantitative estimate of drug-likeness (QED) is 0.171. The van der Waals surface area contributed by atoms with Gasteiger partial charge in [0.25, 0.3) is 5.91 Å². The maximum absolute atomic E-state index is 13.3. The largest absolute Gasteiger partial charge is 0.392 e. The fourth-order valence-electron chi connectivity index (χ4n) is 4.54. The van der Waals surface area contributed by atoms with Gasteiger partial charge in [0.1, 0.15) is 11.9 Å². The van der Waals surface area contributed by atoms with E-state index in [9.17, 15) is 4.79 Å². The first-order valence-electron chi connectivity index (χ1n) is 13.0. The number of thioether (sulfide) groups is 1. The highest BCUT2D eigenvalue weighted by Crippen LogP contribution is 2.36. The van der Waals surface area contributed by atoms with E-state index in [2.05, 4.69) is 32.2 Å². The van der Waals surface area contributed by atoms with Crippen LogP contribution in [0.1, 0.15) is 72.4 Å². The van der Waals surface area contributed by atoms with Crippen LogP contribution in [0.3, 0.4) is 0 Å². The number of aliphatic hydroxyl groups is 1. The summed E-state index contributed by atoms with van der Waals surface area (Å²) in [6, 6.07) is 3.92. The SMILES string of the molecule is C=N/C(=C\SCNc1ccc(C(=O)N2[C@@H]3CC[C@H]2CC(=NOC(C)CO)C3)cn1)c1sc(C)nc1C.CC. The molecule has 4 rings (SSSR count). The van der Waals surface area contributed by atoms with Crippen LogP contribution in [0.5, 0.6) is 0 Å². The van der Waals surface area contributed by atoms with Crippen molar-refractivity contribution in [1.82, 2.24) is 14.9 Å². The molecule has 9 nitrogen and oxygen atoms in total. The molecule has 0 saturated carbocycles. The topological polar surface area (TPSA) is 112 Å². The van der Waals surface area contributed by atoms with Crippen LogP contribution in [-0.4, -0.2) is 69.0 Å². The van der Waals surface area contributed by atoms with Gasteiger partial charge in [0.05, 0.1) is 45.0 Å². The number of pyridine rings is 1. The van der Waals surface area contributed by atoms with Gasteiger partial charge in [-0.05, 0) is 57.9 Å². The number of aromatic nitrogens is 2. The van der Waals surface area contributed by atoms with Crippen LogP contribution < -0.4 is 5.32 Å². The Morgan fingerprint density at radius 3 is 2.61 bits per heavy atom. The predicted octanol–water partition coefficient (Wildman–Crippen LogP) is 5.50. The lowest BCUT2D eigenvalue weighted by Gasteiger charge is -2.35. The van der Waals surface area contributed by atoms with Crippen molar-refractivity contribution in [3.63, 3.8) is 0 Å². The van der Waals surface area contributed by atoms with E-state index in [4.69, 9.17) is 9.94 Å². The number of amides is 1. The Morgan fingerprint density at radius 1 is 1.34 bits per heavy atom. The van der Waals surface area contributed by atoms with Crippen molar-refractivity contribution in [2.45, 2.75) is 78.5 Å². The second kappa shape index (κ2) is 14.4. The number of oxime groups is 1. The lowest BCUT2D eigenvalue weighted by atomic mass is 9.99. The predicted molar refractivity (Wildman–Crippen MR) is 158 cm³/mol. The zero-order valence-electron chi connectivity index (χ0n) is 22.8. The van der Waals surface area contributed by atoms with E-state index in [0.717, 1.165) is 39.8 Å². The van der Waals surface area contributed by atoms with Crippen molar-refractivity contribution >= 4 is 52.9 Å². The minimum Gasteiger partial charge on any atom is -0.392 e. The minimum absolute atomic E-state index is 0.0134. The highest BCUT2D eigenvalue weighted by atomic mass is 32.2. The van der Waals surface area contributed by atoms with Crippen LogP contribution in [0.2, 0.25) is 0 Å². The van der Waals surface area contributed by atoms with Crippen molar-refractivity contribution in [2.75, 3.05) is 17.8 Å². The number of nitrogens with zero attached hydrogens (tertiary/aromatic N) is 5. The highest BCUT2D eigenvalue weighted by Gasteiger charge is 2.42. The third kappa shape index (κ3) is 7.42. The molecule has 2 aliphatic heterocycles. The Bertz CT molecular complexity index is 1130. The molecule has 206 valence electrons. The van der Waals surface area contributed by atoms with Gasteiger partial charge in [-0.1, -0.05) is 19.0 Å². The number of aryl methyl sites for hydroxylation is 2. The Labute approximate surface area is 233 Å². The Kier molecular flexibility index (Phi) is 11.3. The number of hydrogen-bond donors (Lipinski definition) is 2. The molecule has 1 amide bonds. The van der Waals surface area contributed by atoms with Crippen LogP contribution >= 0.6 is 23.1 Å². The van der Waals surface area contributed by atoms with Crippen molar-refractivity contribution in [1.29, 1.82) is 0 Å². The van der Waals surface area contributed by atoms with Gasteiger partial charge in [-0.3, -0.25) is 9.79 Å². The average molecular weight is 559 g/mol. The van der Waals surface area contributed by atoms with Crippen molar-refractivity contribution in [2.24, 2.45) is 10.1 Å². The van der Waals surface area contributed by atoms with Gasteiger partial charge < -0.3 is 20.2 Å². The van der Waals surface area contributed by atoms with E-state index in [1.54, 1.807) is 36.2 Å². The van der Waals surface area contributed by atoms with Gasteiger partial charge in [0.15, 0.2) is 0 Å². The fourth-order valence-corrected chi connectivity index (χ4v) is 6.17. The molecule has 1 unspecified atom stereocenters. The maximum atomic E-state index is 13.3. The molecule has 2 aliphatic rings. The zero-order chi connectivity index (χ0) is 27.7. The molecule has 11 heteroatoms. The first-order valence-corrected chi connectivity index (χ1v) is 14.8. The second-order valence-electron chi connectivity index (χ2n) is 8.99. The van der Waals surface area contributed by atoms with Crippen LogP contribution in [-0.2, 0) is 4.84 Å². The molecule has 3 atom stereocenters. The number of nitrogens with one attached hydrogen (secondary N) is 1. The van der Waals surface area contributed by atoms with Crippen molar-refractivity contribution < 1.29 is 14.7 Å². The Hall–Kier alpha value is -2.76. The number of piperidine rings is 1. The van der Waals surface area contributed by atoms with E-state index in [-0.39, 0.29) is 30.7 Å². The van der Waals surface area contributed by atoms with Crippen LogP contribution in [0, 0.1) is 13.8 Å². The number of carbonyl (C=O) groups is 1. The second-order valence-corrected chi connectivity index (χ2v) is 11.1. The number of aliphatic hydroxyl groups excluding tert-OH is 1. The summed E-state index contributed by atoms with van der Waals surface area (Å²) < 4.78 is 0. The number of hydrogen-bond acceptors (Lipinski definition) is 10. The van der Waals surface area contributed by atoms with Gasteiger partial charge >= 0.3 is 0 Å². The van der Waals surface area contributed by atoms with Crippen molar-refractivity contribution in [3.05, 3.63) is 44.9 Å². The standard InChI is InChI=1S/C25H32N6O3S2.C2H6/c1-15(12-32)34-30-19-9-20-6-7-21(10-19)31(20)25(33)18-5-8-23(27-11-18)28-14-35-13-22(26-4)24-16(2)29-17(3)36-24;1-2/h5,8,11,13,15,20-21,32H,4,6-7,9-10,12,14H2,1-3H3,(H,27,28);1-2H3/b22-13-,30-19?;/t15?,20-,21+;. The summed E-state index contributed by atoms with van der Waals surface area (Å²) in [4.78, 5) is 34.7. The third-order valence-corrected chi connectivity index (χ3v) is 8.06. The fraction of sp³-hybridized carbons (Fsp3) is 0.519. The molecule has 0 radical (unpaired) electrons. The molecule has 2 aromatic heterocycles. The van der Waals surface area contributed by atoms with E-state index >= 15 is 0 Å². The first kappa shape index (κ1) is 29.8. The third-order valence-electron chi connectivity index (χ3n) is 6.26. The summed E-state index contributed by atoms with van der Waals surface area (Å²) in [6.45, 7) is 13.3. The van der Waals surface area contributed by atoms with Crippen LogP contribution in [0.4, 0.5) is 5.82 Å². The van der Waals surface area contributed by atoms with E-state index in [1.807, 2.05) is 50.1 Å². The number of thiazole rings is 1. The van der Waals surface area contributed by atoms with Gasteiger partial charge in [0.2, 0.25) is 0 Å². The Morgan fingerprint density at radius 2 is 2.05 bits per heavy atom. The summed E-state index contributed by atoms with van der Waals surface area (Å²) in [7, 11) is 0. The highest BCUT2D eigenvalue weighted by molar-refractivity contribution is 8.02. The van der Waals surface area contributed by atoms with E-state index in [0.29, 0.717) is 30.1 Å². The normalized spacial score (nSPS) is 20.5. The summed E-state index contributed by atoms with van der Waals surface area (Å²) >= 11 is 3.17. The Balaban J connectivity index is 0.00000195. The molecule has 2 N–H and O–H groups in total. The molecule has 0 aromatic carbocycles. The molecule has 38 heavy (non-hydrogen) atoms. The number of rotatable bonds is 10. The number of aliphatic imine (C=N–C) groups is 1. The molecule has 0 aliphatic carbocycles.